The number of hydrogen-bond donors (Lipinski definition) is 1. The summed E-state index contributed by atoms with van der Waals surface area (Å²) < 4.78 is 0. The lowest BCUT2D eigenvalue weighted by Gasteiger charge is -2.35. The molecule has 0 amide bonds. The van der Waals surface area contributed by atoms with Crippen LogP contribution in [0.2, 0.25) is 0 Å². The zero-order chi connectivity index (χ0) is 10.7. The van der Waals surface area contributed by atoms with Gasteiger partial charge in [0, 0.05) is 36.8 Å². The standard InChI is InChI=1S/C11H17N3S/c1-9-8-15-6-5-14(9)11-3-2-4-13-10(11)7-12/h2-4,9H,5-8,12H2,1H3. The Morgan fingerprint density at radius 2 is 2.53 bits per heavy atom. The third-order valence-corrected chi connectivity index (χ3v) is 3.93. The molecule has 0 spiro atoms. The van der Waals surface area contributed by atoms with Crippen LogP contribution in [0.25, 0.3) is 0 Å². The van der Waals surface area contributed by atoms with Crippen molar-refractivity contribution < 1.29 is 0 Å². The topological polar surface area (TPSA) is 42.2 Å². The van der Waals surface area contributed by atoms with E-state index in [0.29, 0.717) is 12.6 Å². The number of nitrogens with two attached hydrogens (primary N) is 1. The molecule has 1 aliphatic heterocycles. The SMILES string of the molecule is CC1CSCCN1c1cccnc1CN. The van der Waals surface area contributed by atoms with Crippen molar-refractivity contribution in [2.75, 3.05) is 23.0 Å². The van der Waals surface area contributed by atoms with Gasteiger partial charge in [0.15, 0.2) is 0 Å². The van der Waals surface area contributed by atoms with Gasteiger partial charge in [0.25, 0.3) is 0 Å². The predicted molar refractivity (Wildman–Crippen MR) is 66.3 cm³/mol. The van der Waals surface area contributed by atoms with E-state index in [0.717, 1.165) is 12.2 Å². The van der Waals surface area contributed by atoms with Gasteiger partial charge >= 0.3 is 0 Å². The molecule has 1 fully saturated rings. The summed E-state index contributed by atoms with van der Waals surface area (Å²) in [6, 6.07) is 4.70. The van der Waals surface area contributed by atoms with Gasteiger partial charge < -0.3 is 10.6 Å². The minimum Gasteiger partial charge on any atom is -0.366 e. The van der Waals surface area contributed by atoms with Crippen LogP contribution in [-0.2, 0) is 6.54 Å². The quantitative estimate of drug-likeness (QED) is 0.824. The molecule has 2 rings (SSSR count). The first-order valence-electron chi connectivity index (χ1n) is 5.31. The van der Waals surface area contributed by atoms with Crippen LogP contribution in [0, 0.1) is 0 Å². The van der Waals surface area contributed by atoms with Crippen LogP contribution < -0.4 is 10.6 Å². The number of anilines is 1. The second-order valence-electron chi connectivity index (χ2n) is 3.79. The molecular formula is C11H17N3S. The van der Waals surface area contributed by atoms with E-state index in [9.17, 15) is 0 Å². The highest BCUT2D eigenvalue weighted by Gasteiger charge is 2.20. The van der Waals surface area contributed by atoms with E-state index in [2.05, 4.69) is 22.9 Å². The number of pyridine rings is 1. The average Bonchev–Trinajstić information content (AvgIpc) is 2.30. The van der Waals surface area contributed by atoms with E-state index in [1.165, 1.54) is 17.2 Å². The first kappa shape index (κ1) is 10.8. The molecule has 1 unspecified atom stereocenters. The molecule has 2 N–H and O–H groups in total. The molecule has 0 saturated carbocycles. The van der Waals surface area contributed by atoms with E-state index in [4.69, 9.17) is 5.73 Å². The van der Waals surface area contributed by atoms with Crippen molar-refractivity contribution in [1.82, 2.24) is 4.98 Å². The third kappa shape index (κ3) is 2.26. The van der Waals surface area contributed by atoms with Gasteiger partial charge in [-0.25, -0.2) is 0 Å². The van der Waals surface area contributed by atoms with Gasteiger partial charge in [-0.15, -0.1) is 0 Å². The summed E-state index contributed by atoms with van der Waals surface area (Å²) in [4.78, 5) is 6.76. The predicted octanol–water partition coefficient (Wildman–Crippen LogP) is 1.48. The largest absolute Gasteiger partial charge is 0.366 e. The van der Waals surface area contributed by atoms with Gasteiger partial charge in [0.05, 0.1) is 11.4 Å². The lowest BCUT2D eigenvalue weighted by molar-refractivity contribution is 0.692. The Balaban J connectivity index is 2.26. The van der Waals surface area contributed by atoms with Gasteiger partial charge in [-0.05, 0) is 19.1 Å². The van der Waals surface area contributed by atoms with Crippen LogP contribution in [0.1, 0.15) is 12.6 Å². The Morgan fingerprint density at radius 1 is 1.67 bits per heavy atom. The molecule has 0 radical (unpaired) electrons. The Labute approximate surface area is 95.1 Å². The Kier molecular flexibility index (Phi) is 3.49. The molecule has 0 aromatic carbocycles. The van der Waals surface area contributed by atoms with Crippen LogP contribution in [0.3, 0.4) is 0 Å². The van der Waals surface area contributed by atoms with Crippen molar-refractivity contribution in [3.05, 3.63) is 24.0 Å². The average molecular weight is 223 g/mol. The summed E-state index contributed by atoms with van der Waals surface area (Å²) in [6.45, 7) is 3.89. The lowest BCUT2D eigenvalue weighted by atomic mass is 10.2. The minimum atomic E-state index is 0.520. The van der Waals surface area contributed by atoms with Crippen molar-refractivity contribution in [3.8, 4) is 0 Å². The van der Waals surface area contributed by atoms with E-state index in [1.807, 2.05) is 24.0 Å². The second-order valence-corrected chi connectivity index (χ2v) is 4.94. The lowest BCUT2D eigenvalue weighted by Crippen LogP contribution is -2.41. The normalized spacial score (nSPS) is 21.7. The molecule has 0 bridgehead atoms. The van der Waals surface area contributed by atoms with Gasteiger partial charge in [0.1, 0.15) is 0 Å². The van der Waals surface area contributed by atoms with Crippen LogP contribution in [0.5, 0.6) is 0 Å². The maximum absolute atomic E-state index is 5.71. The van der Waals surface area contributed by atoms with Gasteiger partial charge in [-0.3, -0.25) is 4.98 Å². The molecular weight excluding hydrogens is 206 g/mol. The van der Waals surface area contributed by atoms with Crippen molar-refractivity contribution in [2.24, 2.45) is 5.73 Å². The number of hydrogen-bond acceptors (Lipinski definition) is 4. The van der Waals surface area contributed by atoms with Crippen LogP contribution in [0.4, 0.5) is 5.69 Å². The summed E-state index contributed by atoms with van der Waals surface area (Å²) in [5.41, 5.74) is 7.93. The molecule has 1 atom stereocenters. The first-order valence-corrected chi connectivity index (χ1v) is 6.46. The fourth-order valence-electron chi connectivity index (χ4n) is 1.93. The van der Waals surface area contributed by atoms with Crippen molar-refractivity contribution in [1.29, 1.82) is 0 Å². The molecule has 3 nitrogen and oxygen atoms in total. The Hall–Kier alpha value is -0.740. The molecule has 2 heterocycles. The van der Waals surface area contributed by atoms with E-state index in [-0.39, 0.29) is 0 Å². The highest BCUT2D eigenvalue weighted by Crippen LogP contribution is 2.25. The second kappa shape index (κ2) is 4.86. The number of nitrogens with zero attached hydrogens (tertiary/aromatic N) is 2. The molecule has 1 aliphatic rings. The molecule has 4 heteroatoms. The number of rotatable bonds is 2. The van der Waals surface area contributed by atoms with E-state index >= 15 is 0 Å². The minimum absolute atomic E-state index is 0.520. The molecule has 1 aromatic heterocycles. The summed E-state index contributed by atoms with van der Waals surface area (Å²) in [5.74, 6) is 2.39. The molecule has 15 heavy (non-hydrogen) atoms. The third-order valence-electron chi connectivity index (χ3n) is 2.74. The fourth-order valence-corrected chi connectivity index (χ4v) is 2.95. The Bertz CT molecular complexity index is 329. The smallest absolute Gasteiger partial charge is 0.0772 e. The molecule has 1 aromatic rings. The van der Waals surface area contributed by atoms with E-state index < -0.39 is 0 Å². The van der Waals surface area contributed by atoms with Crippen molar-refractivity contribution in [2.45, 2.75) is 19.5 Å². The first-order chi connectivity index (χ1) is 7.33. The highest BCUT2D eigenvalue weighted by atomic mass is 32.2. The molecule has 82 valence electrons. The van der Waals surface area contributed by atoms with Crippen molar-refractivity contribution >= 4 is 17.4 Å². The van der Waals surface area contributed by atoms with Crippen LogP contribution in [-0.4, -0.2) is 29.1 Å². The fraction of sp³-hybridized carbons (Fsp3) is 0.545. The van der Waals surface area contributed by atoms with Gasteiger partial charge in [0.2, 0.25) is 0 Å². The highest BCUT2D eigenvalue weighted by molar-refractivity contribution is 7.99. The zero-order valence-corrected chi connectivity index (χ0v) is 9.83. The zero-order valence-electron chi connectivity index (χ0n) is 9.02. The Morgan fingerprint density at radius 3 is 3.27 bits per heavy atom. The monoisotopic (exact) mass is 223 g/mol. The van der Waals surface area contributed by atoms with E-state index in [1.54, 1.807) is 0 Å². The van der Waals surface area contributed by atoms with Gasteiger partial charge in [-0.1, -0.05) is 0 Å². The maximum Gasteiger partial charge on any atom is 0.0772 e. The molecule has 1 saturated heterocycles. The van der Waals surface area contributed by atoms with Crippen LogP contribution in [0.15, 0.2) is 18.3 Å². The molecule has 0 aliphatic carbocycles. The summed E-state index contributed by atoms with van der Waals surface area (Å²) in [5, 5.41) is 0. The van der Waals surface area contributed by atoms with Gasteiger partial charge in [-0.2, -0.15) is 11.8 Å². The maximum atomic E-state index is 5.71. The van der Waals surface area contributed by atoms with Crippen molar-refractivity contribution in [3.63, 3.8) is 0 Å². The number of thioether (sulfide) groups is 1. The number of aromatic nitrogens is 1. The summed E-state index contributed by atoms with van der Waals surface area (Å²) >= 11 is 2.02. The summed E-state index contributed by atoms with van der Waals surface area (Å²) in [6.07, 6.45) is 1.81. The summed E-state index contributed by atoms with van der Waals surface area (Å²) in [7, 11) is 0. The van der Waals surface area contributed by atoms with Crippen LogP contribution >= 0.6 is 11.8 Å².